The summed E-state index contributed by atoms with van der Waals surface area (Å²) >= 11 is 5.94. The van der Waals surface area contributed by atoms with Crippen molar-refractivity contribution in [3.05, 3.63) is 47.6 Å². The molecule has 2 aliphatic carbocycles. The van der Waals surface area contributed by atoms with E-state index in [1.54, 1.807) is 12.2 Å². The Morgan fingerprint density at radius 2 is 2.13 bits per heavy atom. The zero-order valence-corrected chi connectivity index (χ0v) is 8.98. The molecule has 0 aromatic carbocycles. The first kappa shape index (κ1) is 10.7. The third-order valence-corrected chi connectivity index (χ3v) is 3.11. The third-order valence-electron chi connectivity index (χ3n) is 2.69. The topological polar surface area (TPSA) is 40.5 Å². The van der Waals surface area contributed by atoms with Crippen LogP contribution in [0.1, 0.15) is 12.8 Å². The highest BCUT2D eigenvalue weighted by Gasteiger charge is 2.38. The molecule has 3 heteroatoms. The first-order valence-corrected chi connectivity index (χ1v) is 5.34. The minimum absolute atomic E-state index is 0.600. The van der Waals surface area contributed by atoms with Gasteiger partial charge in [-0.15, -0.1) is 0 Å². The van der Waals surface area contributed by atoms with E-state index in [9.17, 15) is 10.2 Å². The van der Waals surface area contributed by atoms with Crippen LogP contribution in [0, 0.1) is 0 Å². The molecule has 2 aliphatic rings. The van der Waals surface area contributed by atoms with E-state index in [0.717, 1.165) is 18.4 Å². The summed E-state index contributed by atoms with van der Waals surface area (Å²) in [4.78, 5) is 0. The number of hydrogen-bond acceptors (Lipinski definition) is 2. The SMILES string of the molecule is OC1C=CC=C(C2=CC=CCC2)C1(O)Cl. The first-order chi connectivity index (χ1) is 7.12. The zero-order chi connectivity index (χ0) is 10.9. The highest BCUT2D eigenvalue weighted by molar-refractivity contribution is 6.25. The highest BCUT2D eigenvalue weighted by atomic mass is 35.5. The van der Waals surface area contributed by atoms with E-state index < -0.39 is 11.2 Å². The minimum Gasteiger partial charge on any atom is -0.384 e. The fraction of sp³-hybridized carbons (Fsp3) is 0.333. The van der Waals surface area contributed by atoms with Crippen molar-refractivity contribution in [3.63, 3.8) is 0 Å². The molecule has 2 atom stereocenters. The summed E-state index contributed by atoms with van der Waals surface area (Å²) < 4.78 is 0. The molecule has 0 aromatic heterocycles. The molecule has 0 amide bonds. The van der Waals surface area contributed by atoms with Gasteiger partial charge in [-0.3, -0.25) is 0 Å². The van der Waals surface area contributed by atoms with Crippen LogP contribution >= 0.6 is 11.6 Å². The van der Waals surface area contributed by atoms with Crippen LogP contribution in [-0.2, 0) is 0 Å². The van der Waals surface area contributed by atoms with E-state index in [4.69, 9.17) is 11.6 Å². The summed E-state index contributed by atoms with van der Waals surface area (Å²) in [5.74, 6) is 0. The van der Waals surface area contributed by atoms with Gasteiger partial charge in [0.05, 0.1) is 0 Å². The van der Waals surface area contributed by atoms with Crippen LogP contribution in [0.5, 0.6) is 0 Å². The van der Waals surface area contributed by atoms with Gasteiger partial charge in [0.15, 0.2) is 5.06 Å². The molecule has 0 saturated heterocycles. The van der Waals surface area contributed by atoms with E-state index in [1.165, 1.54) is 6.08 Å². The molecule has 2 N–H and O–H groups in total. The lowest BCUT2D eigenvalue weighted by Gasteiger charge is -2.31. The number of allylic oxidation sites excluding steroid dienone is 5. The van der Waals surface area contributed by atoms with Gasteiger partial charge in [0.2, 0.25) is 0 Å². The van der Waals surface area contributed by atoms with Crippen LogP contribution in [-0.4, -0.2) is 21.4 Å². The van der Waals surface area contributed by atoms with Crippen molar-refractivity contribution in [1.82, 2.24) is 0 Å². The number of alkyl halides is 1. The minimum atomic E-state index is -1.69. The average molecular weight is 225 g/mol. The second-order valence-corrected chi connectivity index (χ2v) is 4.32. The molecule has 0 fully saturated rings. The van der Waals surface area contributed by atoms with Gasteiger partial charge >= 0.3 is 0 Å². The smallest absolute Gasteiger partial charge is 0.194 e. The van der Waals surface area contributed by atoms with Crippen molar-refractivity contribution >= 4 is 11.6 Å². The Labute approximate surface area is 93.9 Å². The van der Waals surface area contributed by atoms with Gasteiger partial charge in [-0.05, 0) is 18.4 Å². The molecule has 2 nitrogen and oxygen atoms in total. The van der Waals surface area contributed by atoms with Crippen LogP contribution < -0.4 is 0 Å². The Morgan fingerprint density at radius 1 is 1.33 bits per heavy atom. The Balaban J connectivity index is 2.35. The predicted molar refractivity (Wildman–Crippen MR) is 60.5 cm³/mol. The molecule has 0 radical (unpaired) electrons. The lowest BCUT2D eigenvalue weighted by Crippen LogP contribution is -2.39. The predicted octanol–water partition coefficient (Wildman–Crippen LogP) is 2.05. The Morgan fingerprint density at radius 3 is 2.80 bits per heavy atom. The van der Waals surface area contributed by atoms with Crippen molar-refractivity contribution in [2.45, 2.75) is 24.0 Å². The van der Waals surface area contributed by atoms with E-state index in [1.807, 2.05) is 12.2 Å². The maximum absolute atomic E-state index is 9.99. The summed E-state index contributed by atoms with van der Waals surface area (Å²) in [6, 6.07) is 0. The fourth-order valence-corrected chi connectivity index (χ4v) is 2.08. The van der Waals surface area contributed by atoms with Crippen molar-refractivity contribution in [2.24, 2.45) is 0 Å². The van der Waals surface area contributed by atoms with E-state index in [-0.39, 0.29) is 0 Å². The van der Waals surface area contributed by atoms with Gasteiger partial charge in [0.1, 0.15) is 6.10 Å². The molecule has 80 valence electrons. The lowest BCUT2D eigenvalue weighted by molar-refractivity contribution is 0.0404. The first-order valence-electron chi connectivity index (χ1n) is 4.97. The van der Waals surface area contributed by atoms with Crippen molar-refractivity contribution in [3.8, 4) is 0 Å². The van der Waals surface area contributed by atoms with Crippen LogP contribution in [0.25, 0.3) is 0 Å². The normalized spacial score (nSPS) is 35.0. The summed E-state index contributed by atoms with van der Waals surface area (Å²) in [5.41, 5.74) is 1.59. The summed E-state index contributed by atoms with van der Waals surface area (Å²) in [7, 11) is 0. The molecule has 2 unspecified atom stereocenters. The van der Waals surface area contributed by atoms with Crippen molar-refractivity contribution in [2.75, 3.05) is 0 Å². The fourth-order valence-electron chi connectivity index (χ4n) is 1.82. The van der Waals surface area contributed by atoms with E-state index in [0.29, 0.717) is 5.57 Å². The standard InChI is InChI=1S/C12H13ClO2/c13-12(15)10(7-4-8-11(12)14)9-5-2-1-3-6-9/h1-2,4-5,7-8,11,14-15H,3,6H2. The van der Waals surface area contributed by atoms with Gasteiger partial charge < -0.3 is 10.2 Å². The van der Waals surface area contributed by atoms with Crippen LogP contribution in [0.2, 0.25) is 0 Å². The monoisotopic (exact) mass is 224 g/mol. The maximum atomic E-state index is 9.99. The molecular weight excluding hydrogens is 212 g/mol. The summed E-state index contributed by atoms with van der Waals surface area (Å²) in [6.45, 7) is 0. The average Bonchev–Trinajstić information content (AvgIpc) is 2.23. The Bertz CT molecular complexity index is 375. The number of aliphatic hydroxyl groups excluding tert-OH is 1. The Kier molecular flexibility index (Phi) is 2.83. The molecule has 0 saturated carbocycles. The Hall–Kier alpha value is -0.830. The molecule has 2 rings (SSSR count). The van der Waals surface area contributed by atoms with Crippen molar-refractivity contribution < 1.29 is 10.2 Å². The molecule has 0 aliphatic heterocycles. The third kappa shape index (κ3) is 1.93. The highest BCUT2D eigenvalue weighted by Crippen LogP contribution is 2.37. The molecule has 0 spiro atoms. The van der Waals surface area contributed by atoms with Crippen LogP contribution in [0.4, 0.5) is 0 Å². The molecule has 0 heterocycles. The number of halogens is 1. The van der Waals surface area contributed by atoms with Gasteiger partial charge in [-0.25, -0.2) is 0 Å². The summed E-state index contributed by atoms with van der Waals surface area (Å²) in [5, 5.41) is 17.9. The largest absolute Gasteiger partial charge is 0.384 e. The summed E-state index contributed by atoms with van der Waals surface area (Å²) in [6.07, 6.45) is 11.6. The molecule has 15 heavy (non-hydrogen) atoms. The number of aliphatic hydroxyl groups is 2. The lowest BCUT2D eigenvalue weighted by atomic mass is 9.88. The molecular formula is C12H13ClO2. The zero-order valence-electron chi connectivity index (χ0n) is 8.23. The van der Waals surface area contributed by atoms with Gasteiger partial charge in [0, 0.05) is 5.57 Å². The number of rotatable bonds is 1. The van der Waals surface area contributed by atoms with Gasteiger partial charge in [-0.2, -0.15) is 0 Å². The second-order valence-electron chi connectivity index (χ2n) is 3.74. The molecule has 0 bridgehead atoms. The molecule has 0 aromatic rings. The van der Waals surface area contributed by atoms with Crippen molar-refractivity contribution in [1.29, 1.82) is 0 Å². The van der Waals surface area contributed by atoms with E-state index >= 15 is 0 Å². The number of hydrogen-bond donors (Lipinski definition) is 2. The van der Waals surface area contributed by atoms with Gasteiger partial charge in [0.25, 0.3) is 0 Å². The van der Waals surface area contributed by atoms with Crippen LogP contribution in [0.3, 0.4) is 0 Å². The quantitative estimate of drug-likeness (QED) is 0.670. The maximum Gasteiger partial charge on any atom is 0.194 e. The van der Waals surface area contributed by atoms with Crippen LogP contribution in [0.15, 0.2) is 47.6 Å². The van der Waals surface area contributed by atoms with E-state index in [2.05, 4.69) is 6.08 Å². The second kappa shape index (κ2) is 3.97. The van der Waals surface area contributed by atoms with Gasteiger partial charge in [-0.1, -0.05) is 48.1 Å².